The van der Waals surface area contributed by atoms with Crippen LogP contribution in [0.1, 0.15) is 5.56 Å². The number of hydrogen-bond donors (Lipinski definition) is 1. The molecule has 0 aliphatic heterocycles. The number of amides is 1. The summed E-state index contributed by atoms with van der Waals surface area (Å²) in [6.45, 7) is 1.91. The molecule has 0 saturated heterocycles. The highest BCUT2D eigenvalue weighted by molar-refractivity contribution is 8.03. The van der Waals surface area contributed by atoms with Gasteiger partial charge in [0.1, 0.15) is 5.40 Å². The third-order valence-corrected chi connectivity index (χ3v) is 5.07. The second-order valence-corrected chi connectivity index (χ2v) is 7.20. The highest BCUT2D eigenvalue weighted by atomic mass is 32.2. The molecule has 1 heterocycles. The number of carbonyl (C=O) groups is 1. The molecule has 2 aromatic carbocycles. The zero-order valence-corrected chi connectivity index (χ0v) is 15.2. The molecule has 1 amide bonds. The van der Waals surface area contributed by atoms with Gasteiger partial charge in [0, 0.05) is 16.0 Å². The number of thiocyanates is 1. The number of anilines is 1. The molecule has 0 unspecified atom stereocenters. The van der Waals surface area contributed by atoms with Crippen LogP contribution >= 0.6 is 23.5 Å². The first kappa shape index (κ1) is 17.3. The molecule has 0 bridgehead atoms. The molecule has 0 spiro atoms. The Hall–Kier alpha value is -2.49. The van der Waals surface area contributed by atoms with E-state index in [0.29, 0.717) is 5.75 Å². The number of aromatic nitrogens is 1. The van der Waals surface area contributed by atoms with Crippen molar-refractivity contribution in [3.05, 3.63) is 60.2 Å². The minimum Gasteiger partial charge on any atom is -0.325 e. The van der Waals surface area contributed by atoms with Crippen molar-refractivity contribution >= 4 is 46.0 Å². The summed E-state index contributed by atoms with van der Waals surface area (Å²) in [5.74, 6) is 0.211. The molecule has 0 saturated carbocycles. The zero-order chi connectivity index (χ0) is 17.6. The molecular weight excluding hydrogens is 350 g/mol. The lowest BCUT2D eigenvalue weighted by molar-refractivity contribution is -0.113. The Morgan fingerprint density at radius 3 is 2.84 bits per heavy atom. The molecule has 0 aliphatic carbocycles. The molecule has 1 N–H and O–H groups in total. The fraction of sp³-hybridized carbons (Fsp3) is 0.105. The number of para-hydroxylation sites is 1. The fourth-order valence-corrected chi connectivity index (χ4v) is 3.50. The van der Waals surface area contributed by atoms with Crippen LogP contribution in [0.25, 0.3) is 10.9 Å². The minimum absolute atomic E-state index is 0.0799. The van der Waals surface area contributed by atoms with E-state index in [-0.39, 0.29) is 5.91 Å². The molecule has 3 aromatic rings. The fourth-order valence-electron chi connectivity index (χ4n) is 2.35. The lowest BCUT2D eigenvalue weighted by atomic mass is 10.2. The molecule has 0 atom stereocenters. The van der Waals surface area contributed by atoms with Crippen molar-refractivity contribution < 1.29 is 4.79 Å². The summed E-state index contributed by atoms with van der Waals surface area (Å²) in [5.41, 5.74) is 2.62. The van der Waals surface area contributed by atoms with Crippen molar-refractivity contribution in [1.82, 2.24) is 4.98 Å². The van der Waals surface area contributed by atoms with Crippen LogP contribution in [0.5, 0.6) is 0 Å². The maximum Gasteiger partial charge on any atom is 0.234 e. The second kappa shape index (κ2) is 8.06. The first-order chi connectivity index (χ1) is 12.2. The highest BCUT2D eigenvalue weighted by Crippen LogP contribution is 2.24. The second-order valence-electron chi connectivity index (χ2n) is 5.35. The SMILES string of the molecule is Cc1cc(SC#N)ccc1NC(=O)CSc1ccc2ccccc2n1. The van der Waals surface area contributed by atoms with Crippen molar-refractivity contribution in [3.8, 4) is 5.40 Å². The van der Waals surface area contributed by atoms with E-state index in [1.165, 1.54) is 11.8 Å². The lowest BCUT2D eigenvalue weighted by Crippen LogP contribution is -2.14. The van der Waals surface area contributed by atoms with E-state index in [4.69, 9.17) is 5.26 Å². The number of thioether (sulfide) groups is 2. The monoisotopic (exact) mass is 365 g/mol. The van der Waals surface area contributed by atoms with Gasteiger partial charge in [0.15, 0.2) is 0 Å². The molecule has 6 heteroatoms. The molecule has 0 radical (unpaired) electrons. The number of hydrogen-bond acceptors (Lipinski definition) is 5. The number of nitrogens with one attached hydrogen (secondary N) is 1. The number of fused-ring (bicyclic) bond motifs is 1. The number of pyridine rings is 1. The van der Waals surface area contributed by atoms with E-state index in [0.717, 1.165) is 43.8 Å². The van der Waals surface area contributed by atoms with Gasteiger partial charge in [-0.25, -0.2) is 4.98 Å². The van der Waals surface area contributed by atoms with E-state index in [9.17, 15) is 4.79 Å². The predicted molar refractivity (Wildman–Crippen MR) is 104 cm³/mol. The van der Waals surface area contributed by atoms with E-state index in [1.807, 2.05) is 66.9 Å². The van der Waals surface area contributed by atoms with Crippen LogP contribution in [0.15, 0.2) is 64.5 Å². The summed E-state index contributed by atoms with van der Waals surface area (Å²) < 4.78 is 0. The summed E-state index contributed by atoms with van der Waals surface area (Å²) in [6, 6.07) is 17.4. The van der Waals surface area contributed by atoms with Crippen LogP contribution in [0.2, 0.25) is 0 Å². The number of nitrogens with zero attached hydrogens (tertiary/aromatic N) is 2. The molecule has 0 fully saturated rings. The Labute approximate surface area is 154 Å². The Balaban J connectivity index is 1.61. The van der Waals surface area contributed by atoms with Crippen molar-refractivity contribution in [2.24, 2.45) is 0 Å². The molecule has 25 heavy (non-hydrogen) atoms. The number of aryl methyl sites for hydroxylation is 1. The van der Waals surface area contributed by atoms with Gasteiger partial charge in [-0.15, -0.1) is 0 Å². The number of benzene rings is 2. The summed E-state index contributed by atoms with van der Waals surface area (Å²) in [6.07, 6.45) is 0. The van der Waals surface area contributed by atoms with Gasteiger partial charge in [-0.05, 0) is 54.6 Å². The average Bonchev–Trinajstić information content (AvgIpc) is 2.62. The Morgan fingerprint density at radius 2 is 2.04 bits per heavy atom. The summed E-state index contributed by atoms with van der Waals surface area (Å²) in [7, 11) is 0. The molecule has 124 valence electrons. The number of rotatable bonds is 5. The Bertz CT molecular complexity index is 966. The van der Waals surface area contributed by atoms with Gasteiger partial charge in [0.05, 0.1) is 16.3 Å². The molecule has 0 aliphatic rings. The van der Waals surface area contributed by atoms with Crippen LogP contribution in [0.3, 0.4) is 0 Å². The van der Waals surface area contributed by atoms with E-state index >= 15 is 0 Å². The van der Waals surface area contributed by atoms with Crippen molar-refractivity contribution in [2.45, 2.75) is 16.8 Å². The van der Waals surface area contributed by atoms with Crippen molar-refractivity contribution in [1.29, 1.82) is 5.26 Å². The summed E-state index contributed by atoms with van der Waals surface area (Å²) in [5, 5.41) is 15.6. The van der Waals surface area contributed by atoms with Crippen molar-refractivity contribution in [2.75, 3.05) is 11.1 Å². The maximum absolute atomic E-state index is 12.2. The van der Waals surface area contributed by atoms with Crippen LogP contribution < -0.4 is 5.32 Å². The van der Waals surface area contributed by atoms with Gasteiger partial charge >= 0.3 is 0 Å². The maximum atomic E-state index is 12.2. The van der Waals surface area contributed by atoms with Crippen molar-refractivity contribution in [3.63, 3.8) is 0 Å². The van der Waals surface area contributed by atoms with E-state index in [1.54, 1.807) is 0 Å². The van der Waals surface area contributed by atoms with Gasteiger partial charge in [0.2, 0.25) is 5.91 Å². The van der Waals surface area contributed by atoms with E-state index < -0.39 is 0 Å². The lowest BCUT2D eigenvalue weighted by Gasteiger charge is -2.09. The molecule has 1 aromatic heterocycles. The molecule has 3 rings (SSSR count). The number of carbonyl (C=O) groups excluding carboxylic acids is 1. The first-order valence-electron chi connectivity index (χ1n) is 7.61. The quantitative estimate of drug-likeness (QED) is 0.517. The van der Waals surface area contributed by atoms with Gasteiger partial charge in [-0.1, -0.05) is 36.0 Å². The van der Waals surface area contributed by atoms with Gasteiger partial charge in [-0.2, -0.15) is 5.26 Å². The van der Waals surface area contributed by atoms with Gasteiger partial charge < -0.3 is 5.32 Å². The third kappa shape index (κ3) is 4.53. The molecular formula is C19H15N3OS2. The molecule has 4 nitrogen and oxygen atoms in total. The smallest absolute Gasteiger partial charge is 0.234 e. The normalized spacial score (nSPS) is 10.4. The summed E-state index contributed by atoms with van der Waals surface area (Å²) >= 11 is 2.52. The topological polar surface area (TPSA) is 65.8 Å². The predicted octanol–water partition coefficient (Wildman–Crippen LogP) is 4.85. The standard InChI is InChI=1S/C19H15N3OS2/c1-13-10-15(25-12-20)7-8-16(13)21-18(23)11-24-19-9-6-14-4-2-3-5-17(14)22-19/h2-10H,11H2,1H3,(H,21,23). The third-order valence-electron chi connectivity index (χ3n) is 3.56. The zero-order valence-electron chi connectivity index (χ0n) is 13.5. The average molecular weight is 365 g/mol. The van der Waals surface area contributed by atoms with Gasteiger partial charge in [0.25, 0.3) is 0 Å². The largest absolute Gasteiger partial charge is 0.325 e. The van der Waals surface area contributed by atoms with Gasteiger partial charge in [-0.3, -0.25) is 4.79 Å². The Kier molecular flexibility index (Phi) is 5.59. The van der Waals surface area contributed by atoms with Crippen LogP contribution in [-0.4, -0.2) is 16.6 Å². The Morgan fingerprint density at radius 1 is 1.20 bits per heavy atom. The first-order valence-corrected chi connectivity index (χ1v) is 9.41. The highest BCUT2D eigenvalue weighted by Gasteiger charge is 2.08. The summed E-state index contributed by atoms with van der Waals surface area (Å²) in [4.78, 5) is 17.6. The van der Waals surface area contributed by atoms with Crippen LogP contribution in [0, 0.1) is 17.6 Å². The number of nitriles is 1. The van der Waals surface area contributed by atoms with E-state index in [2.05, 4.69) is 10.3 Å². The van der Waals surface area contributed by atoms with Crippen LogP contribution in [-0.2, 0) is 4.79 Å². The minimum atomic E-state index is -0.0799. The van der Waals surface area contributed by atoms with Crippen LogP contribution in [0.4, 0.5) is 5.69 Å².